The van der Waals surface area contributed by atoms with Gasteiger partial charge in [0.25, 0.3) is 0 Å². The summed E-state index contributed by atoms with van der Waals surface area (Å²) in [5.74, 6) is 0.871. The van der Waals surface area contributed by atoms with Gasteiger partial charge in [0.15, 0.2) is 0 Å². The molecular weight excluding hydrogens is 330 g/mol. The molecule has 1 heterocycles. The molecule has 1 unspecified atom stereocenters. The van der Waals surface area contributed by atoms with E-state index < -0.39 is 0 Å². The third kappa shape index (κ3) is 2.84. The van der Waals surface area contributed by atoms with Gasteiger partial charge in [0, 0.05) is 9.17 Å². The third-order valence-corrected chi connectivity index (χ3v) is 5.15. The van der Waals surface area contributed by atoms with E-state index in [4.69, 9.17) is 22.7 Å². The first-order chi connectivity index (χ1) is 8.51. The first kappa shape index (κ1) is 13.8. The normalized spacial score (nSPS) is 12.6. The van der Waals surface area contributed by atoms with Crippen LogP contribution in [0.4, 0.5) is 0 Å². The highest BCUT2D eigenvalue weighted by molar-refractivity contribution is 9.10. The molecule has 0 spiro atoms. The van der Waals surface area contributed by atoms with Crippen LogP contribution >= 0.6 is 39.5 Å². The number of thiophene rings is 1. The molecule has 2 aromatic rings. The first-order valence-electron chi connectivity index (χ1n) is 5.70. The number of hydrogen-bond acceptors (Lipinski definition) is 3. The molecular formula is C13H14BrNOS2. The second-order valence-electron chi connectivity index (χ2n) is 4.14. The Labute approximate surface area is 124 Å². The smallest absolute Gasteiger partial charge is 0.121 e. The first-order valence-corrected chi connectivity index (χ1v) is 7.72. The lowest BCUT2D eigenvalue weighted by Crippen LogP contribution is -2.09. The predicted octanol–water partition coefficient (Wildman–Crippen LogP) is 4.48. The van der Waals surface area contributed by atoms with Gasteiger partial charge in [-0.25, -0.2) is 0 Å². The van der Waals surface area contributed by atoms with E-state index in [0.717, 1.165) is 31.6 Å². The van der Waals surface area contributed by atoms with Crippen LogP contribution in [0.15, 0.2) is 22.7 Å². The molecule has 0 bridgehead atoms. The standard InChI is InChI=1S/C13H14BrNOS2/c1-3-7(2)16-9-4-8-5-11(13(15)17)18-12(8)10(14)6-9/h4-7H,3H2,1-2H3,(H2,15,17). The largest absolute Gasteiger partial charge is 0.491 e. The molecule has 1 aromatic carbocycles. The summed E-state index contributed by atoms with van der Waals surface area (Å²) in [7, 11) is 0. The molecule has 0 radical (unpaired) electrons. The van der Waals surface area contributed by atoms with Crippen LogP contribution in [0.1, 0.15) is 25.1 Å². The summed E-state index contributed by atoms with van der Waals surface area (Å²) >= 11 is 10.2. The van der Waals surface area contributed by atoms with Gasteiger partial charge in [-0.1, -0.05) is 19.1 Å². The Morgan fingerprint density at radius 1 is 1.50 bits per heavy atom. The summed E-state index contributed by atoms with van der Waals surface area (Å²) in [5.41, 5.74) is 5.66. The number of nitrogens with two attached hydrogens (primary N) is 1. The van der Waals surface area contributed by atoms with E-state index in [1.54, 1.807) is 11.3 Å². The zero-order valence-electron chi connectivity index (χ0n) is 10.2. The second-order valence-corrected chi connectivity index (χ2v) is 6.48. The number of ether oxygens (including phenoxy) is 1. The van der Waals surface area contributed by atoms with Crippen LogP contribution in [0.2, 0.25) is 0 Å². The quantitative estimate of drug-likeness (QED) is 0.831. The Kier molecular flexibility index (Phi) is 4.25. The van der Waals surface area contributed by atoms with E-state index >= 15 is 0 Å². The Balaban J connectivity index is 2.44. The Morgan fingerprint density at radius 2 is 2.22 bits per heavy atom. The minimum atomic E-state index is 0.211. The van der Waals surface area contributed by atoms with E-state index in [2.05, 4.69) is 29.8 Å². The van der Waals surface area contributed by atoms with E-state index in [0.29, 0.717) is 4.99 Å². The van der Waals surface area contributed by atoms with Gasteiger partial charge in [-0.05, 0) is 52.9 Å². The zero-order valence-corrected chi connectivity index (χ0v) is 13.4. The summed E-state index contributed by atoms with van der Waals surface area (Å²) in [6, 6.07) is 6.04. The maximum absolute atomic E-state index is 5.83. The number of rotatable bonds is 4. The lowest BCUT2D eigenvalue weighted by Gasteiger charge is -2.12. The molecule has 0 saturated carbocycles. The van der Waals surface area contributed by atoms with Crippen LogP contribution in [0.3, 0.4) is 0 Å². The van der Waals surface area contributed by atoms with Crippen LogP contribution in [0.5, 0.6) is 5.75 Å². The van der Waals surface area contributed by atoms with Gasteiger partial charge in [-0.2, -0.15) is 0 Å². The molecule has 2 nitrogen and oxygen atoms in total. The number of hydrogen-bond donors (Lipinski definition) is 1. The van der Waals surface area contributed by atoms with Gasteiger partial charge in [0.05, 0.1) is 11.0 Å². The molecule has 1 aromatic heterocycles. The summed E-state index contributed by atoms with van der Waals surface area (Å²) in [5, 5.41) is 1.11. The van der Waals surface area contributed by atoms with Gasteiger partial charge in [0.2, 0.25) is 0 Å². The molecule has 0 saturated heterocycles. The zero-order chi connectivity index (χ0) is 13.3. The van der Waals surface area contributed by atoms with Gasteiger partial charge < -0.3 is 10.5 Å². The molecule has 2 rings (SSSR count). The van der Waals surface area contributed by atoms with Crippen molar-refractivity contribution < 1.29 is 4.74 Å². The van der Waals surface area contributed by atoms with Crippen molar-refractivity contribution in [1.29, 1.82) is 0 Å². The van der Waals surface area contributed by atoms with Crippen LogP contribution in [0.25, 0.3) is 10.1 Å². The molecule has 0 aliphatic rings. The highest BCUT2D eigenvalue weighted by Crippen LogP contribution is 2.36. The number of halogens is 1. The highest BCUT2D eigenvalue weighted by Gasteiger charge is 2.10. The van der Waals surface area contributed by atoms with Crippen LogP contribution in [-0.2, 0) is 0 Å². The average molecular weight is 344 g/mol. The molecule has 18 heavy (non-hydrogen) atoms. The van der Waals surface area contributed by atoms with Crippen molar-refractivity contribution in [1.82, 2.24) is 0 Å². The van der Waals surface area contributed by atoms with Gasteiger partial charge in [0.1, 0.15) is 10.7 Å². The van der Waals surface area contributed by atoms with E-state index in [1.807, 2.05) is 18.2 Å². The predicted molar refractivity (Wildman–Crippen MR) is 85.8 cm³/mol. The van der Waals surface area contributed by atoms with Crippen molar-refractivity contribution in [2.45, 2.75) is 26.4 Å². The molecule has 0 aliphatic heterocycles. The Hall–Kier alpha value is -0.650. The minimum Gasteiger partial charge on any atom is -0.491 e. The fourth-order valence-corrected chi connectivity index (χ4v) is 3.37. The van der Waals surface area contributed by atoms with E-state index in [-0.39, 0.29) is 6.10 Å². The number of thiocarbonyl (C=S) groups is 1. The van der Waals surface area contributed by atoms with Crippen LogP contribution < -0.4 is 10.5 Å². The minimum absolute atomic E-state index is 0.211. The monoisotopic (exact) mass is 343 g/mol. The summed E-state index contributed by atoms with van der Waals surface area (Å²) in [4.78, 5) is 1.37. The van der Waals surface area contributed by atoms with Gasteiger partial charge in [-0.3, -0.25) is 0 Å². The number of benzene rings is 1. The lowest BCUT2D eigenvalue weighted by molar-refractivity contribution is 0.217. The maximum Gasteiger partial charge on any atom is 0.121 e. The van der Waals surface area contributed by atoms with Crippen molar-refractivity contribution in [3.8, 4) is 5.75 Å². The average Bonchev–Trinajstić information content (AvgIpc) is 2.73. The molecule has 96 valence electrons. The van der Waals surface area contributed by atoms with Crippen molar-refractivity contribution >= 4 is 54.6 Å². The van der Waals surface area contributed by atoms with Crippen molar-refractivity contribution in [2.75, 3.05) is 0 Å². The SMILES string of the molecule is CCC(C)Oc1cc(Br)c2sc(C(N)=S)cc2c1. The molecule has 5 heteroatoms. The lowest BCUT2D eigenvalue weighted by atomic mass is 10.2. The topological polar surface area (TPSA) is 35.2 Å². The fraction of sp³-hybridized carbons (Fsp3) is 0.308. The van der Waals surface area contributed by atoms with E-state index in [1.165, 1.54) is 0 Å². The maximum atomic E-state index is 5.83. The molecule has 2 N–H and O–H groups in total. The van der Waals surface area contributed by atoms with Crippen LogP contribution in [0, 0.1) is 0 Å². The Bertz CT molecular complexity index is 594. The van der Waals surface area contributed by atoms with Crippen molar-refractivity contribution in [3.63, 3.8) is 0 Å². The van der Waals surface area contributed by atoms with Gasteiger partial charge in [-0.15, -0.1) is 11.3 Å². The van der Waals surface area contributed by atoms with Crippen molar-refractivity contribution in [3.05, 3.63) is 27.5 Å². The fourth-order valence-electron chi connectivity index (χ4n) is 1.59. The number of fused-ring (bicyclic) bond motifs is 1. The molecule has 0 fully saturated rings. The van der Waals surface area contributed by atoms with Gasteiger partial charge >= 0.3 is 0 Å². The Morgan fingerprint density at radius 3 is 2.83 bits per heavy atom. The molecule has 0 aliphatic carbocycles. The summed E-state index contributed by atoms with van der Waals surface area (Å²) in [6.07, 6.45) is 1.19. The van der Waals surface area contributed by atoms with Crippen molar-refractivity contribution in [2.24, 2.45) is 5.73 Å². The molecule has 0 amide bonds. The second kappa shape index (κ2) is 5.55. The molecule has 1 atom stereocenters. The third-order valence-electron chi connectivity index (χ3n) is 2.70. The van der Waals surface area contributed by atoms with E-state index in [9.17, 15) is 0 Å². The van der Waals surface area contributed by atoms with Crippen LogP contribution in [-0.4, -0.2) is 11.1 Å². The summed E-state index contributed by atoms with van der Waals surface area (Å²) in [6.45, 7) is 4.17. The highest BCUT2D eigenvalue weighted by atomic mass is 79.9. The summed E-state index contributed by atoms with van der Waals surface area (Å²) < 4.78 is 8.00.